The fourth-order valence-electron chi connectivity index (χ4n) is 3.02. The second-order valence-corrected chi connectivity index (χ2v) is 5.86. The molecule has 0 radical (unpaired) electrons. The molecule has 3 aliphatic rings. The first-order valence-corrected chi connectivity index (χ1v) is 7.25. The third-order valence-corrected chi connectivity index (χ3v) is 4.47. The maximum atomic E-state index is 10.3. The van der Waals surface area contributed by atoms with Gasteiger partial charge in [-0.15, -0.1) is 0 Å². The second kappa shape index (κ2) is 5.11. The third kappa shape index (κ3) is 2.19. The van der Waals surface area contributed by atoms with Crippen LogP contribution in [0.4, 0.5) is 0 Å². The zero-order chi connectivity index (χ0) is 14.3. The summed E-state index contributed by atoms with van der Waals surface area (Å²) in [6, 6.07) is 0.434. The lowest BCUT2D eigenvalue weighted by atomic mass is 9.86. The van der Waals surface area contributed by atoms with Gasteiger partial charge in [-0.05, 0) is 36.6 Å². The number of allylic oxidation sites excluding steroid dienone is 2. The van der Waals surface area contributed by atoms with Crippen LogP contribution >= 0.6 is 0 Å². The van der Waals surface area contributed by atoms with E-state index in [4.69, 9.17) is 0 Å². The van der Waals surface area contributed by atoms with Crippen molar-refractivity contribution in [3.63, 3.8) is 0 Å². The smallest absolute Gasteiger partial charge is 0.149 e. The number of aliphatic hydroxyl groups excluding tert-OH is 1. The van der Waals surface area contributed by atoms with E-state index >= 15 is 0 Å². The van der Waals surface area contributed by atoms with E-state index in [0.717, 1.165) is 19.5 Å². The van der Waals surface area contributed by atoms with Gasteiger partial charge in [-0.1, -0.05) is 12.2 Å². The van der Waals surface area contributed by atoms with Crippen LogP contribution in [-0.4, -0.2) is 54.4 Å². The monoisotopic (exact) mass is 273 g/mol. The third-order valence-electron chi connectivity index (χ3n) is 4.47. The van der Waals surface area contributed by atoms with Gasteiger partial charge in [-0.25, -0.2) is 0 Å². The number of nitrogens with zero attached hydrogens (tertiary/aromatic N) is 2. The van der Waals surface area contributed by atoms with Crippen LogP contribution in [0.2, 0.25) is 0 Å². The highest BCUT2D eigenvalue weighted by Crippen LogP contribution is 2.34. The molecule has 3 rings (SSSR count). The predicted molar refractivity (Wildman–Crippen MR) is 80.8 cm³/mol. The van der Waals surface area contributed by atoms with Crippen molar-refractivity contribution in [3.05, 3.63) is 46.8 Å². The van der Waals surface area contributed by atoms with Crippen LogP contribution in [0.3, 0.4) is 0 Å². The van der Waals surface area contributed by atoms with Crippen molar-refractivity contribution < 1.29 is 5.11 Å². The number of hydrogen-bond donors (Lipinski definition) is 2. The first kappa shape index (κ1) is 13.5. The Morgan fingerprint density at radius 1 is 1.25 bits per heavy atom. The molecule has 0 fully saturated rings. The van der Waals surface area contributed by atoms with E-state index in [-0.39, 0.29) is 0 Å². The Hall–Kier alpha value is -1.52. The highest BCUT2D eigenvalue weighted by atomic mass is 16.3. The quantitative estimate of drug-likeness (QED) is 0.753. The first-order valence-electron chi connectivity index (χ1n) is 7.25. The van der Waals surface area contributed by atoms with Crippen molar-refractivity contribution >= 4 is 0 Å². The highest BCUT2D eigenvalue weighted by Gasteiger charge is 2.29. The van der Waals surface area contributed by atoms with E-state index in [1.54, 1.807) is 0 Å². The van der Waals surface area contributed by atoms with Gasteiger partial charge in [0.1, 0.15) is 6.23 Å². The number of nitrogens with one attached hydrogen (secondary N) is 1. The van der Waals surface area contributed by atoms with Crippen LogP contribution < -0.4 is 5.32 Å². The van der Waals surface area contributed by atoms with E-state index in [1.807, 2.05) is 11.9 Å². The van der Waals surface area contributed by atoms with Crippen molar-refractivity contribution in [2.24, 2.45) is 0 Å². The Balaban J connectivity index is 2.00. The van der Waals surface area contributed by atoms with Crippen molar-refractivity contribution in [1.29, 1.82) is 0 Å². The number of aliphatic hydroxyl groups is 1. The molecule has 3 aliphatic heterocycles. The van der Waals surface area contributed by atoms with Crippen LogP contribution in [0.1, 0.15) is 13.3 Å². The molecule has 0 spiro atoms. The zero-order valence-electron chi connectivity index (χ0n) is 12.4. The number of rotatable bonds is 1. The van der Waals surface area contributed by atoms with E-state index in [9.17, 15) is 5.11 Å². The summed E-state index contributed by atoms with van der Waals surface area (Å²) in [6.45, 7) is 3.97. The minimum absolute atomic E-state index is 0.434. The molecule has 0 saturated carbocycles. The summed E-state index contributed by atoms with van der Waals surface area (Å²) in [4.78, 5) is 4.13. The minimum Gasteiger partial charge on any atom is -0.374 e. The predicted octanol–water partition coefficient (Wildman–Crippen LogP) is 1.20. The van der Waals surface area contributed by atoms with Crippen LogP contribution in [0, 0.1) is 0 Å². The van der Waals surface area contributed by atoms with Gasteiger partial charge in [-0.3, -0.25) is 0 Å². The molecule has 0 aromatic rings. The van der Waals surface area contributed by atoms with Gasteiger partial charge in [0.05, 0.1) is 0 Å². The second-order valence-electron chi connectivity index (χ2n) is 5.86. The summed E-state index contributed by atoms with van der Waals surface area (Å²) in [7, 11) is 4.04. The molecule has 0 aliphatic carbocycles. The van der Waals surface area contributed by atoms with Gasteiger partial charge in [0, 0.05) is 44.7 Å². The van der Waals surface area contributed by atoms with Crippen LogP contribution in [0.15, 0.2) is 46.8 Å². The Kier molecular flexibility index (Phi) is 3.44. The zero-order valence-corrected chi connectivity index (χ0v) is 12.4. The summed E-state index contributed by atoms with van der Waals surface area (Å²) in [5.74, 6) is 0. The number of hydrogen-bond acceptors (Lipinski definition) is 4. The Morgan fingerprint density at radius 2 is 2.05 bits per heavy atom. The molecule has 4 heteroatoms. The van der Waals surface area contributed by atoms with Gasteiger partial charge in [0.15, 0.2) is 0 Å². The van der Waals surface area contributed by atoms with Gasteiger partial charge in [0.25, 0.3) is 0 Å². The standard InChI is InChI=1S/C16H23N3O/c1-11-4-5-12(9-18(11)2)15-10-19(3)16(20)13-6-7-17-8-14(13)15/h4-5,9-11,16-17,20H,6-8H2,1-3H3. The lowest BCUT2D eigenvalue weighted by Gasteiger charge is -2.37. The molecule has 2 atom stereocenters. The average Bonchev–Trinajstić information content (AvgIpc) is 2.46. The van der Waals surface area contributed by atoms with Crippen LogP contribution in [0.5, 0.6) is 0 Å². The fraction of sp³-hybridized carbons (Fsp3) is 0.500. The van der Waals surface area contributed by atoms with Gasteiger partial charge in [0.2, 0.25) is 0 Å². The molecule has 0 aromatic carbocycles. The normalized spacial score (nSPS) is 30.2. The lowest BCUT2D eigenvalue weighted by molar-refractivity contribution is 0.0792. The largest absolute Gasteiger partial charge is 0.374 e. The highest BCUT2D eigenvalue weighted by molar-refractivity contribution is 5.57. The number of likely N-dealkylation sites (N-methyl/N-ethyl adjacent to an activating group) is 2. The van der Waals surface area contributed by atoms with Gasteiger partial charge >= 0.3 is 0 Å². The Bertz CT molecular complexity index is 530. The molecule has 0 saturated heterocycles. The van der Waals surface area contributed by atoms with E-state index in [2.05, 4.69) is 48.7 Å². The van der Waals surface area contributed by atoms with Gasteiger partial charge < -0.3 is 20.2 Å². The molecular weight excluding hydrogens is 250 g/mol. The molecule has 2 unspecified atom stereocenters. The minimum atomic E-state index is -0.472. The molecule has 0 aromatic heterocycles. The van der Waals surface area contributed by atoms with Crippen molar-refractivity contribution in [3.8, 4) is 0 Å². The maximum Gasteiger partial charge on any atom is 0.149 e. The van der Waals surface area contributed by atoms with E-state index in [0.29, 0.717) is 6.04 Å². The summed E-state index contributed by atoms with van der Waals surface area (Å²) < 4.78 is 0. The first-order chi connectivity index (χ1) is 9.58. The average molecular weight is 273 g/mol. The molecule has 20 heavy (non-hydrogen) atoms. The molecule has 108 valence electrons. The van der Waals surface area contributed by atoms with Crippen LogP contribution in [-0.2, 0) is 0 Å². The molecule has 0 bridgehead atoms. The van der Waals surface area contributed by atoms with E-state index in [1.165, 1.54) is 22.3 Å². The van der Waals surface area contributed by atoms with E-state index < -0.39 is 6.23 Å². The Labute approximate surface area is 120 Å². The molecule has 2 N–H and O–H groups in total. The fourth-order valence-corrected chi connectivity index (χ4v) is 3.02. The summed E-state index contributed by atoms with van der Waals surface area (Å²) in [5.41, 5.74) is 4.88. The van der Waals surface area contributed by atoms with Crippen molar-refractivity contribution in [2.75, 3.05) is 27.2 Å². The maximum absolute atomic E-state index is 10.3. The lowest BCUT2D eigenvalue weighted by Crippen LogP contribution is -2.40. The molecule has 4 nitrogen and oxygen atoms in total. The molecule has 0 amide bonds. The van der Waals surface area contributed by atoms with Crippen molar-refractivity contribution in [2.45, 2.75) is 25.6 Å². The molecule has 3 heterocycles. The summed E-state index contributed by atoms with van der Waals surface area (Å²) >= 11 is 0. The molecular formula is C16H23N3O. The topological polar surface area (TPSA) is 38.7 Å². The Morgan fingerprint density at radius 3 is 2.80 bits per heavy atom. The van der Waals surface area contributed by atoms with Crippen molar-refractivity contribution in [1.82, 2.24) is 15.1 Å². The summed E-state index contributed by atoms with van der Waals surface area (Å²) in [6.07, 6.45) is 9.12. The summed E-state index contributed by atoms with van der Waals surface area (Å²) in [5, 5.41) is 13.7. The SMILES string of the molecule is CC1C=CC(C2=CN(C)C(O)C3=C2CNCC3)=CN1C. The van der Waals surface area contributed by atoms with Crippen LogP contribution in [0.25, 0.3) is 0 Å². The van der Waals surface area contributed by atoms with Gasteiger partial charge in [-0.2, -0.15) is 0 Å².